The maximum absolute atomic E-state index is 9.96. The van der Waals surface area contributed by atoms with Crippen molar-refractivity contribution in [3.8, 4) is 0 Å². The van der Waals surface area contributed by atoms with Gasteiger partial charge < -0.3 is 15.3 Å². The van der Waals surface area contributed by atoms with E-state index in [2.05, 4.69) is 13.5 Å². The van der Waals surface area contributed by atoms with Gasteiger partial charge in [0.25, 0.3) is 0 Å². The number of hydrogen-bond acceptors (Lipinski definition) is 3. The summed E-state index contributed by atoms with van der Waals surface area (Å²) in [4.78, 5) is 0. The Morgan fingerprint density at radius 1 is 1.26 bits per heavy atom. The Hall–Kier alpha value is -0.640. The Labute approximate surface area is 116 Å². The fourth-order valence-corrected chi connectivity index (χ4v) is 2.86. The van der Waals surface area contributed by atoms with Crippen LogP contribution in [-0.4, -0.2) is 33.6 Å². The molecule has 1 unspecified atom stereocenters. The molecule has 0 aromatic rings. The number of aliphatic hydroxyl groups is 3. The zero-order valence-electron chi connectivity index (χ0n) is 11.9. The molecule has 110 valence electrons. The van der Waals surface area contributed by atoms with Gasteiger partial charge in [-0.1, -0.05) is 44.4 Å². The molecule has 19 heavy (non-hydrogen) atoms. The van der Waals surface area contributed by atoms with E-state index in [1.165, 1.54) is 0 Å². The van der Waals surface area contributed by atoms with Crippen molar-refractivity contribution in [1.82, 2.24) is 0 Å². The molecule has 3 nitrogen and oxygen atoms in total. The van der Waals surface area contributed by atoms with Gasteiger partial charge in [-0.2, -0.15) is 0 Å². The molecule has 0 heterocycles. The number of unbranched alkanes of at least 4 members (excludes halogenated alkanes) is 2. The van der Waals surface area contributed by atoms with Crippen LogP contribution in [0.3, 0.4) is 0 Å². The van der Waals surface area contributed by atoms with Crippen molar-refractivity contribution >= 4 is 0 Å². The molecule has 0 aromatic heterocycles. The second-order valence-electron chi connectivity index (χ2n) is 5.58. The number of rotatable bonds is 8. The zero-order chi connectivity index (χ0) is 14.3. The van der Waals surface area contributed by atoms with Crippen molar-refractivity contribution in [3.05, 3.63) is 24.8 Å². The van der Waals surface area contributed by atoms with E-state index in [1.54, 1.807) is 12.2 Å². The summed E-state index contributed by atoms with van der Waals surface area (Å²) in [6, 6.07) is 0. The van der Waals surface area contributed by atoms with Crippen LogP contribution in [0.15, 0.2) is 24.8 Å². The first-order valence-corrected chi connectivity index (χ1v) is 7.43. The lowest BCUT2D eigenvalue weighted by Crippen LogP contribution is -2.20. The standard InChI is InChI=1S/C16H28O3/c1-3-5-6-8-12(17)9-10-14-13(7-4-2)15(18)11-16(14)19/h4,9-10,12-19H,2-3,5-8,11H2,1H3/t12-,13?,14+,15+,16-/m0/s1. The van der Waals surface area contributed by atoms with Crippen LogP contribution in [0.25, 0.3) is 0 Å². The highest BCUT2D eigenvalue weighted by atomic mass is 16.3. The van der Waals surface area contributed by atoms with Gasteiger partial charge in [0.15, 0.2) is 0 Å². The lowest BCUT2D eigenvalue weighted by Gasteiger charge is -2.19. The molecule has 5 atom stereocenters. The highest BCUT2D eigenvalue weighted by Crippen LogP contribution is 2.36. The number of allylic oxidation sites excluding steroid dienone is 1. The molecule has 0 amide bonds. The van der Waals surface area contributed by atoms with E-state index in [9.17, 15) is 15.3 Å². The predicted octanol–water partition coefficient (Wildman–Crippen LogP) is 2.42. The quantitative estimate of drug-likeness (QED) is 0.468. The monoisotopic (exact) mass is 268 g/mol. The first-order valence-electron chi connectivity index (χ1n) is 7.43. The molecule has 0 spiro atoms. The van der Waals surface area contributed by atoms with Gasteiger partial charge in [0.05, 0.1) is 18.3 Å². The van der Waals surface area contributed by atoms with E-state index in [4.69, 9.17) is 0 Å². The Morgan fingerprint density at radius 3 is 2.63 bits per heavy atom. The molecular weight excluding hydrogens is 240 g/mol. The second-order valence-corrected chi connectivity index (χ2v) is 5.58. The summed E-state index contributed by atoms with van der Waals surface area (Å²) in [7, 11) is 0. The summed E-state index contributed by atoms with van der Waals surface area (Å²) < 4.78 is 0. The van der Waals surface area contributed by atoms with E-state index < -0.39 is 18.3 Å². The summed E-state index contributed by atoms with van der Waals surface area (Å²) in [5, 5.41) is 29.7. The van der Waals surface area contributed by atoms with Crippen LogP contribution in [-0.2, 0) is 0 Å². The van der Waals surface area contributed by atoms with E-state index >= 15 is 0 Å². The zero-order valence-corrected chi connectivity index (χ0v) is 11.9. The molecule has 1 aliphatic rings. The van der Waals surface area contributed by atoms with Crippen molar-refractivity contribution in [2.45, 2.75) is 63.8 Å². The first kappa shape index (κ1) is 16.4. The van der Waals surface area contributed by atoms with E-state index in [-0.39, 0.29) is 11.8 Å². The largest absolute Gasteiger partial charge is 0.393 e. The van der Waals surface area contributed by atoms with Crippen LogP contribution in [0.4, 0.5) is 0 Å². The Kier molecular flexibility index (Phi) is 7.36. The molecule has 0 aromatic carbocycles. The van der Waals surface area contributed by atoms with Crippen LogP contribution in [0.1, 0.15) is 45.4 Å². The Morgan fingerprint density at radius 2 is 2.00 bits per heavy atom. The van der Waals surface area contributed by atoms with Gasteiger partial charge in [0.1, 0.15) is 0 Å². The maximum Gasteiger partial charge on any atom is 0.0721 e. The van der Waals surface area contributed by atoms with Gasteiger partial charge in [-0.25, -0.2) is 0 Å². The molecule has 3 heteroatoms. The third-order valence-corrected chi connectivity index (χ3v) is 4.01. The van der Waals surface area contributed by atoms with E-state index in [0.29, 0.717) is 12.8 Å². The molecule has 1 rings (SSSR count). The van der Waals surface area contributed by atoms with Gasteiger partial charge in [0, 0.05) is 12.3 Å². The van der Waals surface area contributed by atoms with Gasteiger partial charge in [-0.05, 0) is 18.8 Å². The molecule has 0 radical (unpaired) electrons. The Bertz CT molecular complexity index is 288. The topological polar surface area (TPSA) is 60.7 Å². The molecule has 0 aliphatic heterocycles. The second kappa shape index (κ2) is 8.51. The van der Waals surface area contributed by atoms with Gasteiger partial charge in [-0.15, -0.1) is 6.58 Å². The van der Waals surface area contributed by atoms with Crippen molar-refractivity contribution in [2.24, 2.45) is 11.8 Å². The highest BCUT2D eigenvalue weighted by molar-refractivity contribution is 5.05. The number of hydrogen-bond donors (Lipinski definition) is 3. The normalized spacial score (nSPS) is 32.8. The molecular formula is C16H28O3. The van der Waals surface area contributed by atoms with E-state index in [1.807, 2.05) is 6.08 Å². The highest BCUT2D eigenvalue weighted by Gasteiger charge is 2.39. The molecule has 3 N–H and O–H groups in total. The molecule has 1 aliphatic carbocycles. The lowest BCUT2D eigenvalue weighted by molar-refractivity contribution is 0.120. The smallest absolute Gasteiger partial charge is 0.0721 e. The van der Waals surface area contributed by atoms with Crippen molar-refractivity contribution in [1.29, 1.82) is 0 Å². The minimum Gasteiger partial charge on any atom is -0.393 e. The van der Waals surface area contributed by atoms with Crippen molar-refractivity contribution < 1.29 is 15.3 Å². The van der Waals surface area contributed by atoms with Crippen LogP contribution >= 0.6 is 0 Å². The third-order valence-electron chi connectivity index (χ3n) is 4.01. The number of aliphatic hydroxyl groups excluding tert-OH is 3. The Balaban J connectivity index is 2.50. The summed E-state index contributed by atoms with van der Waals surface area (Å²) in [6.07, 6.45) is 9.18. The van der Waals surface area contributed by atoms with Crippen LogP contribution in [0.5, 0.6) is 0 Å². The minimum atomic E-state index is -0.515. The fourth-order valence-electron chi connectivity index (χ4n) is 2.86. The molecule has 0 saturated heterocycles. The molecule has 1 fully saturated rings. The minimum absolute atomic E-state index is 0.0200. The third kappa shape index (κ3) is 5.09. The summed E-state index contributed by atoms with van der Waals surface area (Å²) in [5.74, 6) is -0.0552. The molecule has 0 bridgehead atoms. The van der Waals surface area contributed by atoms with Crippen molar-refractivity contribution in [2.75, 3.05) is 0 Å². The average molecular weight is 268 g/mol. The SMILES string of the molecule is C=CCC1[C@H](O)C[C@H](O)[C@@H]1C=C[C@@H](O)CCCCC. The van der Waals surface area contributed by atoms with Gasteiger partial charge in [-0.3, -0.25) is 0 Å². The summed E-state index contributed by atoms with van der Waals surface area (Å²) in [6.45, 7) is 5.83. The van der Waals surface area contributed by atoms with Crippen LogP contribution in [0, 0.1) is 11.8 Å². The van der Waals surface area contributed by atoms with E-state index in [0.717, 1.165) is 25.7 Å². The lowest BCUT2D eigenvalue weighted by atomic mass is 9.90. The summed E-state index contributed by atoms with van der Waals surface area (Å²) >= 11 is 0. The van der Waals surface area contributed by atoms with Gasteiger partial charge in [0.2, 0.25) is 0 Å². The average Bonchev–Trinajstić information content (AvgIpc) is 2.63. The fraction of sp³-hybridized carbons (Fsp3) is 0.750. The van der Waals surface area contributed by atoms with Crippen molar-refractivity contribution in [3.63, 3.8) is 0 Å². The van der Waals surface area contributed by atoms with Crippen LogP contribution < -0.4 is 0 Å². The van der Waals surface area contributed by atoms with Gasteiger partial charge >= 0.3 is 0 Å². The maximum atomic E-state index is 9.96. The van der Waals surface area contributed by atoms with Crippen LogP contribution in [0.2, 0.25) is 0 Å². The summed E-state index contributed by atoms with van der Waals surface area (Å²) in [5.41, 5.74) is 0. The first-order chi connectivity index (χ1) is 9.10. The molecule has 1 saturated carbocycles. The predicted molar refractivity (Wildman–Crippen MR) is 77.7 cm³/mol.